The molecule has 0 fully saturated rings. The lowest BCUT2D eigenvalue weighted by atomic mass is 10.3. The molecule has 1 amide bonds. The number of methoxy groups -OCH3 is 1. The summed E-state index contributed by atoms with van der Waals surface area (Å²) in [4.78, 5) is 16.0. The normalized spacial score (nSPS) is 10.9. The minimum Gasteiger partial charge on any atom is -0.493 e. The third-order valence-corrected chi connectivity index (χ3v) is 5.70. The topological polar surface area (TPSA) is 107 Å². The maximum absolute atomic E-state index is 12.3. The number of thiazole rings is 1. The van der Waals surface area contributed by atoms with E-state index in [0.717, 1.165) is 0 Å². The molecular formula is C18H17N3O5S2. The number of carbonyl (C=O) groups excluding carboxylic acids is 1. The van der Waals surface area contributed by atoms with E-state index in [2.05, 4.69) is 15.0 Å². The summed E-state index contributed by atoms with van der Waals surface area (Å²) in [7, 11) is -2.22. The Hall–Kier alpha value is -3.11. The van der Waals surface area contributed by atoms with Crippen molar-refractivity contribution < 1.29 is 22.7 Å². The molecule has 0 aliphatic carbocycles. The van der Waals surface area contributed by atoms with Gasteiger partial charge in [0.1, 0.15) is 0 Å². The third-order valence-electron chi connectivity index (χ3n) is 3.53. The number of amides is 1. The van der Waals surface area contributed by atoms with Gasteiger partial charge in [-0.3, -0.25) is 9.52 Å². The van der Waals surface area contributed by atoms with Crippen LogP contribution >= 0.6 is 11.3 Å². The van der Waals surface area contributed by atoms with Gasteiger partial charge in [0.25, 0.3) is 15.9 Å². The van der Waals surface area contributed by atoms with Crippen molar-refractivity contribution in [2.75, 3.05) is 23.8 Å². The fourth-order valence-corrected chi connectivity index (χ4v) is 4.03. The first kappa shape index (κ1) is 19.6. The summed E-state index contributed by atoms with van der Waals surface area (Å²) in [5, 5.41) is 4.60. The molecule has 0 aliphatic heterocycles. The molecule has 3 rings (SSSR count). The van der Waals surface area contributed by atoms with Crippen molar-refractivity contribution in [1.82, 2.24) is 4.98 Å². The summed E-state index contributed by atoms with van der Waals surface area (Å²) in [6, 6.07) is 12.8. The molecule has 0 atom stereocenters. The molecule has 1 heterocycles. The monoisotopic (exact) mass is 419 g/mol. The lowest BCUT2D eigenvalue weighted by Crippen LogP contribution is -2.20. The second-order valence-corrected chi connectivity index (χ2v) is 8.03. The van der Waals surface area contributed by atoms with Gasteiger partial charge in [0, 0.05) is 17.3 Å². The smallest absolute Gasteiger partial charge is 0.263 e. The molecule has 0 saturated heterocycles. The molecule has 0 spiro atoms. The largest absolute Gasteiger partial charge is 0.493 e. The molecule has 0 saturated carbocycles. The highest BCUT2D eigenvalue weighted by Crippen LogP contribution is 2.25. The standard InChI is InChI=1S/C18H17N3O5S2/c1-25-15-4-2-3-5-16(15)26-12-17(22)20-13-6-8-14(9-7-13)28(23,24)21-18-19-10-11-27-18/h2-11H,12H2,1H3,(H,19,21)(H,20,22). The van der Waals surface area contributed by atoms with Gasteiger partial charge >= 0.3 is 0 Å². The Balaban J connectivity index is 1.58. The van der Waals surface area contributed by atoms with Crippen molar-refractivity contribution in [2.24, 2.45) is 0 Å². The van der Waals surface area contributed by atoms with Gasteiger partial charge in [-0.15, -0.1) is 11.3 Å². The van der Waals surface area contributed by atoms with Crippen molar-refractivity contribution in [3.8, 4) is 11.5 Å². The Kier molecular flexibility index (Phi) is 6.12. The fraction of sp³-hybridized carbons (Fsp3) is 0.111. The number of benzene rings is 2. The highest BCUT2D eigenvalue weighted by molar-refractivity contribution is 7.93. The molecule has 28 heavy (non-hydrogen) atoms. The molecule has 0 bridgehead atoms. The number of carbonyl (C=O) groups is 1. The van der Waals surface area contributed by atoms with E-state index in [1.165, 1.54) is 48.9 Å². The zero-order valence-corrected chi connectivity index (χ0v) is 16.4. The number of para-hydroxylation sites is 2. The van der Waals surface area contributed by atoms with Gasteiger partial charge in [-0.05, 0) is 36.4 Å². The lowest BCUT2D eigenvalue weighted by molar-refractivity contribution is -0.118. The first-order valence-corrected chi connectivity index (χ1v) is 10.4. The molecule has 146 valence electrons. The van der Waals surface area contributed by atoms with Crippen molar-refractivity contribution in [3.63, 3.8) is 0 Å². The molecule has 0 aliphatic rings. The van der Waals surface area contributed by atoms with E-state index < -0.39 is 10.0 Å². The number of nitrogens with zero attached hydrogens (tertiary/aromatic N) is 1. The summed E-state index contributed by atoms with van der Waals surface area (Å²) >= 11 is 1.18. The van der Waals surface area contributed by atoms with Crippen LogP contribution in [0.25, 0.3) is 0 Å². The van der Waals surface area contributed by atoms with Crippen molar-refractivity contribution in [2.45, 2.75) is 4.90 Å². The molecule has 0 radical (unpaired) electrons. The number of ether oxygens (including phenoxy) is 2. The average molecular weight is 419 g/mol. The molecule has 8 nitrogen and oxygen atoms in total. The lowest BCUT2D eigenvalue weighted by Gasteiger charge is -2.11. The van der Waals surface area contributed by atoms with Crippen LogP contribution in [0.15, 0.2) is 65.0 Å². The molecule has 2 N–H and O–H groups in total. The Labute approximate surface area is 166 Å². The third kappa shape index (κ3) is 4.99. The average Bonchev–Trinajstić information content (AvgIpc) is 3.19. The Bertz CT molecular complexity index is 1040. The minimum atomic E-state index is -3.74. The molecule has 10 heteroatoms. The first-order valence-electron chi connectivity index (χ1n) is 8.06. The van der Waals surface area contributed by atoms with E-state index in [4.69, 9.17) is 9.47 Å². The predicted octanol–water partition coefficient (Wildman–Crippen LogP) is 2.97. The molecular weight excluding hydrogens is 402 g/mol. The number of hydrogen-bond acceptors (Lipinski definition) is 7. The summed E-state index contributed by atoms with van der Waals surface area (Å²) in [6.07, 6.45) is 1.51. The van der Waals surface area contributed by atoms with Crippen LogP contribution in [0.2, 0.25) is 0 Å². The van der Waals surface area contributed by atoms with Gasteiger partial charge in [0.05, 0.1) is 12.0 Å². The van der Waals surface area contributed by atoms with Gasteiger partial charge in [-0.1, -0.05) is 12.1 Å². The molecule has 1 aromatic heterocycles. The van der Waals surface area contributed by atoms with E-state index in [1.54, 1.807) is 29.6 Å². The van der Waals surface area contributed by atoms with Crippen LogP contribution in [0.4, 0.5) is 10.8 Å². The minimum absolute atomic E-state index is 0.0611. The van der Waals surface area contributed by atoms with Crippen molar-refractivity contribution >= 4 is 38.1 Å². The van der Waals surface area contributed by atoms with Crippen molar-refractivity contribution in [1.29, 1.82) is 0 Å². The summed E-state index contributed by atoms with van der Waals surface area (Å²) in [5.41, 5.74) is 0.446. The maximum atomic E-state index is 12.3. The quantitative estimate of drug-likeness (QED) is 0.581. The van der Waals surface area contributed by atoms with Gasteiger partial charge in [0.15, 0.2) is 23.2 Å². The number of rotatable bonds is 8. The van der Waals surface area contributed by atoms with Gasteiger partial charge < -0.3 is 14.8 Å². The van der Waals surface area contributed by atoms with Crippen LogP contribution in [0.3, 0.4) is 0 Å². The first-order chi connectivity index (χ1) is 13.5. The second kappa shape index (κ2) is 8.72. The van der Waals surface area contributed by atoms with E-state index >= 15 is 0 Å². The highest BCUT2D eigenvalue weighted by atomic mass is 32.2. The van der Waals surface area contributed by atoms with Gasteiger partial charge in [-0.25, -0.2) is 13.4 Å². The molecule has 0 unspecified atom stereocenters. The Morgan fingerprint density at radius 2 is 1.82 bits per heavy atom. The SMILES string of the molecule is COc1ccccc1OCC(=O)Nc1ccc(S(=O)(=O)Nc2nccs2)cc1. The number of anilines is 2. The van der Waals surface area contributed by atoms with Crippen LogP contribution in [-0.2, 0) is 14.8 Å². The second-order valence-electron chi connectivity index (χ2n) is 5.45. The summed E-state index contributed by atoms with van der Waals surface area (Å²) < 4.78 is 37.6. The van der Waals surface area contributed by atoms with Crippen molar-refractivity contribution in [3.05, 3.63) is 60.1 Å². The van der Waals surface area contributed by atoms with Crippen LogP contribution < -0.4 is 19.5 Å². The Morgan fingerprint density at radius 3 is 2.46 bits per heavy atom. The van der Waals surface area contributed by atoms with E-state index in [1.807, 2.05) is 0 Å². The van der Waals surface area contributed by atoms with Crippen LogP contribution in [0.5, 0.6) is 11.5 Å². The summed E-state index contributed by atoms with van der Waals surface area (Å²) in [5.74, 6) is 0.592. The van der Waals surface area contributed by atoms with Gasteiger partial charge in [0.2, 0.25) is 0 Å². The predicted molar refractivity (Wildman–Crippen MR) is 106 cm³/mol. The fourth-order valence-electron chi connectivity index (χ4n) is 2.24. The zero-order valence-electron chi connectivity index (χ0n) is 14.8. The summed E-state index contributed by atoms with van der Waals surface area (Å²) in [6.45, 7) is -0.216. The Morgan fingerprint density at radius 1 is 1.11 bits per heavy atom. The number of aromatic nitrogens is 1. The zero-order chi connectivity index (χ0) is 20.0. The highest BCUT2D eigenvalue weighted by Gasteiger charge is 2.15. The number of sulfonamides is 1. The van der Waals surface area contributed by atoms with Crippen LogP contribution in [0, 0.1) is 0 Å². The molecule has 2 aromatic carbocycles. The van der Waals surface area contributed by atoms with E-state index in [0.29, 0.717) is 17.2 Å². The number of hydrogen-bond donors (Lipinski definition) is 2. The number of nitrogens with one attached hydrogen (secondary N) is 2. The van der Waals surface area contributed by atoms with Gasteiger partial charge in [-0.2, -0.15) is 0 Å². The maximum Gasteiger partial charge on any atom is 0.263 e. The molecule has 3 aromatic rings. The van der Waals surface area contributed by atoms with Crippen LogP contribution in [-0.4, -0.2) is 33.0 Å². The van der Waals surface area contributed by atoms with E-state index in [-0.39, 0.29) is 22.5 Å². The van der Waals surface area contributed by atoms with E-state index in [9.17, 15) is 13.2 Å². The van der Waals surface area contributed by atoms with Crippen LogP contribution in [0.1, 0.15) is 0 Å².